The molecule has 0 bridgehead atoms. The lowest BCUT2D eigenvalue weighted by Gasteiger charge is -2.15. The summed E-state index contributed by atoms with van der Waals surface area (Å²) in [6.45, 7) is 0. The number of benzene rings is 2. The van der Waals surface area contributed by atoms with E-state index in [4.69, 9.17) is 19.2 Å². The number of aromatic nitrogens is 2. The fourth-order valence-electron chi connectivity index (χ4n) is 3.01. The number of pyridine rings is 1. The van der Waals surface area contributed by atoms with Crippen LogP contribution in [0.1, 0.15) is 0 Å². The van der Waals surface area contributed by atoms with Crippen LogP contribution in [0.25, 0.3) is 32.0 Å². The number of hydrogen-bond donors (Lipinski definition) is 0. The second-order valence-electron chi connectivity index (χ2n) is 5.80. The van der Waals surface area contributed by atoms with Crippen LogP contribution in [-0.2, 0) is 0 Å². The van der Waals surface area contributed by atoms with Crippen molar-refractivity contribution in [1.82, 2.24) is 9.97 Å². The van der Waals surface area contributed by atoms with Gasteiger partial charge in [0, 0.05) is 17.3 Å². The third-order valence-corrected chi connectivity index (χ3v) is 5.34. The van der Waals surface area contributed by atoms with Crippen molar-refractivity contribution in [3.63, 3.8) is 0 Å². The summed E-state index contributed by atoms with van der Waals surface area (Å²) in [5, 5.41) is 0.924. The molecule has 6 heteroatoms. The molecule has 0 N–H and O–H groups in total. The molecule has 0 spiro atoms. The molecule has 0 aliphatic rings. The quantitative estimate of drug-likeness (QED) is 0.486. The van der Waals surface area contributed by atoms with Crippen LogP contribution in [0.15, 0.2) is 54.7 Å². The highest BCUT2D eigenvalue weighted by atomic mass is 32.1. The second kappa shape index (κ2) is 7.25. The van der Waals surface area contributed by atoms with Gasteiger partial charge in [0.1, 0.15) is 5.01 Å². The molecule has 2 aromatic carbocycles. The highest BCUT2D eigenvalue weighted by Crippen LogP contribution is 2.43. The van der Waals surface area contributed by atoms with Crippen LogP contribution in [0.5, 0.6) is 17.2 Å². The molecule has 0 aliphatic heterocycles. The number of methoxy groups -OCH3 is 3. The van der Waals surface area contributed by atoms with Gasteiger partial charge in [-0.05, 0) is 36.4 Å². The first-order chi connectivity index (χ1) is 13.2. The molecule has 4 aromatic rings. The first kappa shape index (κ1) is 17.3. The Morgan fingerprint density at radius 2 is 1.59 bits per heavy atom. The van der Waals surface area contributed by atoms with E-state index in [2.05, 4.69) is 11.1 Å². The maximum absolute atomic E-state index is 5.49. The summed E-state index contributed by atoms with van der Waals surface area (Å²) in [6, 6.07) is 15.9. The van der Waals surface area contributed by atoms with E-state index in [0.29, 0.717) is 17.2 Å². The normalized spacial score (nSPS) is 10.8. The number of thiazole rings is 1. The van der Waals surface area contributed by atoms with E-state index >= 15 is 0 Å². The first-order valence-electron chi connectivity index (χ1n) is 8.36. The summed E-state index contributed by atoms with van der Waals surface area (Å²) in [4.78, 5) is 9.40. The lowest BCUT2D eigenvalue weighted by molar-refractivity contribution is 0.324. The zero-order valence-electron chi connectivity index (χ0n) is 15.2. The van der Waals surface area contributed by atoms with Crippen LogP contribution in [0.3, 0.4) is 0 Å². The van der Waals surface area contributed by atoms with Crippen LogP contribution in [0.2, 0.25) is 0 Å². The van der Waals surface area contributed by atoms with Crippen molar-refractivity contribution < 1.29 is 14.2 Å². The van der Waals surface area contributed by atoms with E-state index in [1.165, 1.54) is 0 Å². The third kappa shape index (κ3) is 3.08. The Kier molecular flexibility index (Phi) is 4.64. The number of ether oxygens (including phenoxy) is 3. The summed E-state index contributed by atoms with van der Waals surface area (Å²) in [6.07, 6.45) is 1.77. The van der Waals surface area contributed by atoms with Gasteiger partial charge in [0.15, 0.2) is 11.5 Å². The van der Waals surface area contributed by atoms with E-state index in [1.54, 1.807) is 38.9 Å². The van der Waals surface area contributed by atoms with E-state index in [0.717, 1.165) is 32.0 Å². The molecule has 4 rings (SSSR count). The summed E-state index contributed by atoms with van der Waals surface area (Å²) in [7, 11) is 4.80. The maximum atomic E-state index is 5.49. The standard InChI is InChI=1S/C21H18N2O3S/c1-24-16-11-13(12-17(25-2)20(16)26-3)19-14(7-6-10-22-19)21-23-15-8-4-5-9-18(15)27-21/h4-12H,1-3H3. The van der Waals surface area contributed by atoms with Crippen molar-refractivity contribution in [2.75, 3.05) is 21.3 Å². The lowest BCUT2D eigenvalue weighted by Crippen LogP contribution is -1.97. The van der Waals surface area contributed by atoms with Gasteiger partial charge in [-0.3, -0.25) is 4.98 Å². The molecule has 0 atom stereocenters. The van der Waals surface area contributed by atoms with Crippen molar-refractivity contribution in [2.24, 2.45) is 0 Å². The van der Waals surface area contributed by atoms with Gasteiger partial charge in [-0.1, -0.05) is 12.1 Å². The number of rotatable bonds is 5. The highest BCUT2D eigenvalue weighted by Gasteiger charge is 2.18. The minimum Gasteiger partial charge on any atom is -0.493 e. The smallest absolute Gasteiger partial charge is 0.203 e. The fourth-order valence-corrected chi connectivity index (χ4v) is 4.00. The molecule has 0 aliphatic carbocycles. The lowest BCUT2D eigenvalue weighted by atomic mass is 10.0. The Hall–Kier alpha value is -3.12. The molecular weight excluding hydrogens is 360 g/mol. The van der Waals surface area contributed by atoms with Gasteiger partial charge in [0.2, 0.25) is 5.75 Å². The molecule has 0 saturated carbocycles. The van der Waals surface area contributed by atoms with Crippen molar-refractivity contribution in [3.8, 4) is 39.1 Å². The monoisotopic (exact) mass is 378 g/mol. The van der Waals surface area contributed by atoms with Crippen molar-refractivity contribution >= 4 is 21.6 Å². The summed E-state index contributed by atoms with van der Waals surface area (Å²) < 4.78 is 17.5. The largest absolute Gasteiger partial charge is 0.493 e. The molecule has 0 unspecified atom stereocenters. The molecule has 2 heterocycles. The van der Waals surface area contributed by atoms with Crippen LogP contribution < -0.4 is 14.2 Å². The molecule has 0 saturated heterocycles. The van der Waals surface area contributed by atoms with Gasteiger partial charge >= 0.3 is 0 Å². The van der Waals surface area contributed by atoms with Gasteiger partial charge in [0.05, 0.1) is 37.2 Å². The second-order valence-corrected chi connectivity index (χ2v) is 6.83. The predicted octanol–water partition coefficient (Wildman–Crippen LogP) is 5.05. The van der Waals surface area contributed by atoms with Crippen molar-refractivity contribution in [1.29, 1.82) is 0 Å². The maximum Gasteiger partial charge on any atom is 0.203 e. The fraction of sp³-hybridized carbons (Fsp3) is 0.143. The molecule has 5 nitrogen and oxygen atoms in total. The zero-order valence-corrected chi connectivity index (χ0v) is 16.0. The van der Waals surface area contributed by atoms with E-state index < -0.39 is 0 Å². The van der Waals surface area contributed by atoms with Gasteiger partial charge in [0.25, 0.3) is 0 Å². The average Bonchev–Trinajstić information content (AvgIpc) is 3.16. The number of fused-ring (bicyclic) bond motifs is 1. The molecule has 136 valence electrons. The molecule has 0 amide bonds. The van der Waals surface area contributed by atoms with Crippen molar-refractivity contribution in [3.05, 3.63) is 54.7 Å². The molecule has 27 heavy (non-hydrogen) atoms. The van der Waals surface area contributed by atoms with E-state index in [1.807, 2.05) is 42.5 Å². The van der Waals surface area contributed by atoms with Crippen LogP contribution >= 0.6 is 11.3 Å². The highest BCUT2D eigenvalue weighted by molar-refractivity contribution is 7.21. The summed E-state index contributed by atoms with van der Waals surface area (Å²) >= 11 is 1.65. The van der Waals surface area contributed by atoms with Crippen LogP contribution in [0.4, 0.5) is 0 Å². The van der Waals surface area contributed by atoms with E-state index in [-0.39, 0.29) is 0 Å². The molecule has 0 fully saturated rings. The third-order valence-electron chi connectivity index (χ3n) is 4.27. The Morgan fingerprint density at radius 3 is 2.26 bits per heavy atom. The first-order valence-corrected chi connectivity index (χ1v) is 9.18. The Labute approximate surface area is 161 Å². The van der Waals surface area contributed by atoms with Crippen LogP contribution in [-0.4, -0.2) is 31.3 Å². The Bertz CT molecular complexity index is 1050. The summed E-state index contributed by atoms with van der Waals surface area (Å²) in [5.41, 5.74) is 3.64. The van der Waals surface area contributed by atoms with Gasteiger partial charge in [-0.15, -0.1) is 11.3 Å². The van der Waals surface area contributed by atoms with E-state index in [9.17, 15) is 0 Å². The van der Waals surface area contributed by atoms with Gasteiger partial charge in [-0.2, -0.15) is 0 Å². The number of hydrogen-bond acceptors (Lipinski definition) is 6. The van der Waals surface area contributed by atoms with Gasteiger partial charge < -0.3 is 14.2 Å². The number of nitrogens with zero attached hydrogens (tertiary/aromatic N) is 2. The molecule has 0 radical (unpaired) electrons. The minimum absolute atomic E-state index is 0.557. The molecular formula is C21H18N2O3S. The minimum atomic E-state index is 0.557. The SMILES string of the molecule is COc1cc(-c2ncccc2-c2nc3ccccc3s2)cc(OC)c1OC. The topological polar surface area (TPSA) is 53.5 Å². The van der Waals surface area contributed by atoms with Crippen molar-refractivity contribution in [2.45, 2.75) is 0 Å². The average molecular weight is 378 g/mol. The predicted molar refractivity (Wildman–Crippen MR) is 108 cm³/mol. The Morgan fingerprint density at radius 1 is 0.852 bits per heavy atom. The Balaban J connectivity index is 1.91. The van der Waals surface area contributed by atoms with Gasteiger partial charge in [-0.25, -0.2) is 4.98 Å². The summed E-state index contributed by atoms with van der Waals surface area (Å²) in [5.74, 6) is 1.74. The molecule has 2 aromatic heterocycles. The van der Waals surface area contributed by atoms with Crippen LogP contribution in [0, 0.1) is 0 Å². The number of para-hydroxylation sites is 1. The zero-order chi connectivity index (χ0) is 18.8.